The van der Waals surface area contributed by atoms with Gasteiger partial charge in [0.15, 0.2) is 0 Å². The quantitative estimate of drug-likeness (QED) is 0.869. The van der Waals surface area contributed by atoms with Crippen molar-refractivity contribution in [3.63, 3.8) is 0 Å². The molecule has 0 bridgehead atoms. The molecule has 0 spiro atoms. The highest BCUT2D eigenvalue weighted by Gasteiger charge is 2.22. The fourth-order valence-corrected chi connectivity index (χ4v) is 3.71. The van der Waals surface area contributed by atoms with Crippen LogP contribution in [0.4, 0.5) is 4.79 Å². The minimum absolute atomic E-state index is 0.0248. The second-order valence-electron chi connectivity index (χ2n) is 6.98. The van der Waals surface area contributed by atoms with Crippen LogP contribution in [0.2, 0.25) is 0 Å². The monoisotopic (exact) mass is 351 g/mol. The highest BCUT2D eigenvalue weighted by atomic mass is 16.5. The zero-order chi connectivity index (χ0) is 17.8. The van der Waals surface area contributed by atoms with Gasteiger partial charge in [-0.25, -0.2) is 4.79 Å². The number of fused-ring (bicyclic) bond motifs is 2. The van der Waals surface area contributed by atoms with Crippen LogP contribution in [0.1, 0.15) is 16.7 Å². The molecule has 26 heavy (non-hydrogen) atoms. The lowest BCUT2D eigenvalue weighted by molar-refractivity contribution is 0.211. The number of rotatable bonds is 5. The number of carbonyl (C=O) groups excluding carboxylic acids is 1. The number of benzene rings is 2. The topological polar surface area (TPSA) is 53.6 Å². The largest absolute Gasteiger partial charge is 0.488 e. The average Bonchev–Trinajstić information content (AvgIpc) is 3.09. The second-order valence-corrected chi connectivity index (χ2v) is 6.98. The molecule has 2 heterocycles. The first kappa shape index (κ1) is 16.9. The summed E-state index contributed by atoms with van der Waals surface area (Å²) in [6.07, 6.45) is 1.96. The van der Waals surface area contributed by atoms with Crippen molar-refractivity contribution >= 4 is 6.03 Å². The normalized spacial score (nSPS) is 18.5. The first-order valence-corrected chi connectivity index (χ1v) is 9.33. The second kappa shape index (κ2) is 7.79. The fourth-order valence-electron chi connectivity index (χ4n) is 3.71. The minimum atomic E-state index is -0.123. The zero-order valence-electron chi connectivity index (χ0n) is 14.9. The molecule has 2 aliphatic heterocycles. The summed E-state index contributed by atoms with van der Waals surface area (Å²) in [4.78, 5) is 14.4. The van der Waals surface area contributed by atoms with Gasteiger partial charge in [0.1, 0.15) is 11.9 Å². The van der Waals surface area contributed by atoms with Crippen LogP contribution in [0.3, 0.4) is 0 Å². The van der Waals surface area contributed by atoms with E-state index in [0.29, 0.717) is 13.1 Å². The summed E-state index contributed by atoms with van der Waals surface area (Å²) in [6, 6.07) is 16.5. The Balaban J connectivity index is 1.14. The van der Waals surface area contributed by atoms with Crippen LogP contribution in [0, 0.1) is 0 Å². The zero-order valence-corrected chi connectivity index (χ0v) is 14.9. The lowest BCUT2D eigenvalue weighted by atomic mass is 10.00. The van der Waals surface area contributed by atoms with E-state index < -0.39 is 0 Å². The minimum Gasteiger partial charge on any atom is -0.488 e. The summed E-state index contributed by atoms with van der Waals surface area (Å²) in [6.45, 7) is 4.06. The average molecular weight is 351 g/mol. The first-order valence-electron chi connectivity index (χ1n) is 9.33. The molecular formula is C21H25N3O2. The molecule has 5 heteroatoms. The van der Waals surface area contributed by atoms with Gasteiger partial charge in [-0.2, -0.15) is 0 Å². The third-order valence-electron chi connectivity index (χ3n) is 5.13. The Kier molecular flexibility index (Phi) is 5.07. The van der Waals surface area contributed by atoms with Gasteiger partial charge in [-0.15, -0.1) is 0 Å². The van der Waals surface area contributed by atoms with Crippen LogP contribution < -0.4 is 15.4 Å². The van der Waals surface area contributed by atoms with Crippen LogP contribution in [0.25, 0.3) is 0 Å². The van der Waals surface area contributed by atoms with Gasteiger partial charge in [-0.1, -0.05) is 42.5 Å². The molecular weight excluding hydrogens is 326 g/mol. The number of ether oxygens (including phenoxy) is 1. The Morgan fingerprint density at radius 1 is 1.04 bits per heavy atom. The van der Waals surface area contributed by atoms with Gasteiger partial charge in [0.2, 0.25) is 0 Å². The molecule has 0 saturated carbocycles. The van der Waals surface area contributed by atoms with Crippen molar-refractivity contribution in [1.82, 2.24) is 15.5 Å². The van der Waals surface area contributed by atoms with Crippen molar-refractivity contribution in [2.24, 2.45) is 0 Å². The first-order chi connectivity index (χ1) is 12.8. The molecule has 0 fully saturated rings. The predicted octanol–water partition coefficient (Wildman–Crippen LogP) is 2.35. The van der Waals surface area contributed by atoms with Crippen LogP contribution in [-0.2, 0) is 19.4 Å². The van der Waals surface area contributed by atoms with E-state index in [0.717, 1.165) is 38.2 Å². The molecule has 2 amide bonds. The number of para-hydroxylation sites is 1. The van der Waals surface area contributed by atoms with E-state index in [2.05, 4.69) is 45.9 Å². The number of hydrogen-bond acceptors (Lipinski definition) is 3. The number of nitrogens with zero attached hydrogens (tertiary/aromatic N) is 1. The van der Waals surface area contributed by atoms with E-state index in [9.17, 15) is 4.79 Å². The highest BCUT2D eigenvalue weighted by Crippen LogP contribution is 2.27. The van der Waals surface area contributed by atoms with E-state index >= 15 is 0 Å². The lowest BCUT2D eigenvalue weighted by Crippen LogP contribution is -2.44. The van der Waals surface area contributed by atoms with Crippen LogP contribution in [0.15, 0.2) is 48.5 Å². The standard InChI is InChI=1S/C21H25N3O2/c25-21(23-14-19-13-17-6-3-4-8-20(17)26-19)22-10-12-24-11-9-16-5-1-2-7-18(16)15-24/h1-8,19H,9-15H2,(H2,22,23,25). The Bertz CT molecular complexity index is 752. The Labute approximate surface area is 154 Å². The van der Waals surface area contributed by atoms with Gasteiger partial charge in [0.05, 0.1) is 6.54 Å². The number of carbonyl (C=O) groups is 1. The van der Waals surface area contributed by atoms with Crippen molar-refractivity contribution in [3.8, 4) is 5.75 Å². The summed E-state index contributed by atoms with van der Waals surface area (Å²) in [7, 11) is 0. The van der Waals surface area contributed by atoms with E-state index in [-0.39, 0.29) is 12.1 Å². The third-order valence-corrected chi connectivity index (χ3v) is 5.13. The molecule has 0 saturated heterocycles. The molecule has 2 aliphatic rings. The molecule has 0 aromatic heterocycles. The number of nitrogens with one attached hydrogen (secondary N) is 2. The maximum absolute atomic E-state index is 12.0. The van der Waals surface area contributed by atoms with Gasteiger partial charge in [-0.05, 0) is 29.2 Å². The van der Waals surface area contributed by atoms with Gasteiger partial charge in [0.25, 0.3) is 0 Å². The summed E-state index contributed by atoms with van der Waals surface area (Å²) in [5.41, 5.74) is 4.07. The van der Waals surface area contributed by atoms with Crippen molar-refractivity contribution in [2.45, 2.75) is 25.5 Å². The van der Waals surface area contributed by atoms with E-state index in [1.807, 2.05) is 18.2 Å². The third kappa shape index (κ3) is 3.99. The highest BCUT2D eigenvalue weighted by molar-refractivity contribution is 5.73. The van der Waals surface area contributed by atoms with Crippen molar-refractivity contribution in [1.29, 1.82) is 0 Å². The number of amides is 2. The number of hydrogen-bond donors (Lipinski definition) is 2. The summed E-state index contributed by atoms with van der Waals surface area (Å²) in [5.74, 6) is 0.935. The summed E-state index contributed by atoms with van der Waals surface area (Å²) < 4.78 is 5.84. The molecule has 5 nitrogen and oxygen atoms in total. The van der Waals surface area contributed by atoms with Gasteiger partial charge in [-0.3, -0.25) is 4.90 Å². The van der Waals surface area contributed by atoms with Crippen LogP contribution in [0.5, 0.6) is 5.75 Å². The van der Waals surface area contributed by atoms with E-state index in [4.69, 9.17) is 4.74 Å². The van der Waals surface area contributed by atoms with Crippen molar-refractivity contribution < 1.29 is 9.53 Å². The van der Waals surface area contributed by atoms with Gasteiger partial charge in [0, 0.05) is 32.6 Å². The van der Waals surface area contributed by atoms with Crippen molar-refractivity contribution in [3.05, 3.63) is 65.2 Å². The molecule has 1 atom stereocenters. The smallest absolute Gasteiger partial charge is 0.314 e. The molecule has 0 aliphatic carbocycles. The Morgan fingerprint density at radius 3 is 2.65 bits per heavy atom. The SMILES string of the molecule is O=C(NCCN1CCc2ccccc2C1)NCC1Cc2ccccc2O1. The van der Waals surface area contributed by atoms with Crippen molar-refractivity contribution in [2.75, 3.05) is 26.2 Å². The Morgan fingerprint density at radius 2 is 1.81 bits per heavy atom. The molecule has 2 aromatic carbocycles. The van der Waals surface area contributed by atoms with Gasteiger partial charge >= 0.3 is 6.03 Å². The molecule has 0 radical (unpaired) electrons. The van der Waals surface area contributed by atoms with E-state index in [1.165, 1.54) is 16.7 Å². The van der Waals surface area contributed by atoms with Gasteiger partial charge < -0.3 is 15.4 Å². The Hall–Kier alpha value is -2.53. The van der Waals surface area contributed by atoms with Crippen LogP contribution >= 0.6 is 0 Å². The molecule has 2 N–H and O–H groups in total. The molecule has 1 unspecified atom stereocenters. The summed E-state index contributed by atoms with van der Waals surface area (Å²) in [5, 5.41) is 5.87. The van der Waals surface area contributed by atoms with Crippen LogP contribution in [-0.4, -0.2) is 43.2 Å². The number of urea groups is 1. The maximum atomic E-state index is 12.0. The maximum Gasteiger partial charge on any atom is 0.314 e. The molecule has 2 aromatic rings. The fraction of sp³-hybridized carbons (Fsp3) is 0.381. The predicted molar refractivity (Wildman–Crippen MR) is 101 cm³/mol. The molecule has 4 rings (SSSR count). The lowest BCUT2D eigenvalue weighted by Gasteiger charge is -2.28. The molecule has 136 valence electrons. The van der Waals surface area contributed by atoms with E-state index in [1.54, 1.807) is 0 Å². The summed E-state index contributed by atoms with van der Waals surface area (Å²) >= 11 is 0.